The highest BCUT2D eigenvalue weighted by Gasteiger charge is 2.29. The molecule has 33 heavy (non-hydrogen) atoms. The fraction of sp³-hybridized carbons (Fsp3) is 0.391. The van der Waals surface area contributed by atoms with Crippen LogP contribution in [-0.4, -0.2) is 42.1 Å². The molecule has 0 aliphatic heterocycles. The number of ether oxygens (including phenoxy) is 1. The van der Waals surface area contributed by atoms with Crippen molar-refractivity contribution >= 4 is 15.7 Å². The van der Waals surface area contributed by atoms with Gasteiger partial charge < -0.3 is 20.1 Å². The number of nitrogens with two attached hydrogens (primary N) is 1. The Kier molecular flexibility index (Phi) is 6.68. The predicted octanol–water partition coefficient (Wildman–Crippen LogP) is 3.06. The highest BCUT2D eigenvalue weighted by atomic mass is 32.2. The zero-order valence-electron chi connectivity index (χ0n) is 18.6. The molecule has 1 aliphatic carbocycles. The largest absolute Gasteiger partial charge is 0.489 e. The number of nitrogen functional groups attached to an aromatic ring is 1. The van der Waals surface area contributed by atoms with Gasteiger partial charge in [-0.05, 0) is 62.4 Å². The Morgan fingerprint density at radius 2 is 2.12 bits per heavy atom. The molecule has 0 saturated carbocycles. The predicted molar refractivity (Wildman–Crippen MR) is 125 cm³/mol. The van der Waals surface area contributed by atoms with Gasteiger partial charge >= 0.3 is 0 Å². The number of nitrogens with one attached hydrogen (secondary N) is 1. The van der Waals surface area contributed by atoms with Crippen LogP contribution < -0.4 is 15.2 Å². The summed E-state index contributed by atoms with van der Waals surface area (Å²) in [5.74, 6) is 1.27. The van der Waals surface area contributed by atoms with Crippen LogP contribution in [0.15, 0.2) is 40.9 Å². The first-order chi connectivity index (χ1) is 15.8. The molecule has 1 heterocycles. The van der Waals surface area contributed by atoms with Gasteiger partial charge in [0.2, 0.25) is 15.8 Å². The average Bonchev–Trinajstić information content (AvgIpc) is 3.41. The van der Waals surface area contributed by atoms with Crippen molar-refractivity contribution in [1.29, 1.82) is 0 Å². The van der Waals surface area contributed by atoms with Gasteiger partial charge in [0.05, 0.1) is 17.5 Å². The number of aliphatic hydroxyl groups is 1. The Balaban J connectivity index is 1.58. The van der Waals surface area contributed by atoms with E-state index in [1.54, 1.807) is 12.1 Å². The number of hydrogen-bond donors (Lipinski definition) is 3. The average molecular weight is 473 g/mol. The number of anilines is 1. The van der Waals surface area contributed by atoms with Crippen LogP contribution in [0.3, 0.4) is 0 Å². The second-order valence-electron chi connectivity index (χ2n) is 8.32. The van der Waals surface area contributed by atoms with E-state index >= 15 is 0 Å². The van der Waals surface area contributed by atoms with Gasteiger partial charge in [-0.25, -0.2) is 13.1 Å². The molecule has 1 atom stereocenters. The van der Waals surface area contributed by atoms with Gasteiger partial charge in [0, 0.05) is 23.8 Å². The summed E-state index contributed by atoms with van der Waals surface area (Å²) in [4.78, 5) is 4.56. The van der Waals surface area contributed by atoms with Gasteiger partial charge in [0.25, 0.3) is 5.89 Å². The van der Waals surface area contributed by atoms with Gasteiger partial charge in [-0.3, -0.25) is 0 Å². The summed E-state index contributed by atoms with van der Waals surface area (Å²) >= 11 is 0. The van der Waals surface area contributed by atoms with Crippen molar-refractivity contribution in [3.05, 3.63) is 47.5 Å². The molecule has 9 nitrogen and oxygen atoms in total. The highest BCUT2D eigenvalue weighted by molar-refractivity contribution is 7.89. The zero-order valence-corrected chi connectivity index (χ0v) is 19.4. The third-order valence-corrected chi connectivity index (χ3v) is 6.92. The maximum Gasteiger partial charge on any atom is 0.258 e. The Morgan fingerprint density at radius 1 is 1.30 bits per heavy atom. The number of rotatable bonds is 9. The molecule has 4 N–H and O–H groups in total. The smallest absolute Gasteiger partial charge is 0.258 e. The van der Waals surface area contributed by atoms with Crippen molar-refractivity contribution in [2.24, 2.45) is 0 Å². The molecule has 1 aliphatic rings. The van der Waals surface area contributed by atoms with E-state index < -0.39 is 10.0 Å². The van der Waals surface area contributed by atoms with Crippen LogP contribution in [0.2, 0.25) is 0 Å². The number of sulfonamides is 1. The van der Waals surface area contributed by atoms with Gasteiger partial charge in [-0.2, -0.15) is 4.98 Å². The molecule has 10 heteroatoms. The summed E-state index contributed by atoms with van der Waals surface area (Å²) in [7, 11) is -3.48. The SMILES string of the molecule is CC(C)Oc1ccc(-c2nc(-c3cccc4c3CC[C@H]4NS(=O)(=O)CCCO)no2)cc1N. The van der Waals surface area contributed by atoms with E-state index in [1.807, 2.05) is 38.1 Å². The van der Waals surface area contributed by atoms with Crippen molar-refractivity contribution in [2.45, 2.75) is 45.3 Å². The molecular formula is C23H28N4O5S. The van der Waals surface area contributed by atoms with Crippen LogP contribution in [-0.2, 0) is 16.4 Å². The van der Waals surface area contributed by atoms with Crippen molar-refractivity contribution in [2.75, 3.05) is 18.1 Å². The molecule has 0 fully saturated rings. The minimum absolute atomic E-state index is 0.0105. The van der Waals surface area contributed by atoms with Crippen molar-refractivity contribution in [1.82, 2.24) is 14.9 Å². The molecule has 0 bridgehead atoms. The number of nitrogens with zero attached hydrogens (tertiary/aromatic N) is 2. The molecular weight excluding hydrogens is 444 g/mol. The lowest BCUT2D eigenvalue weighted by molar-refractivity contribution is 0.244. The van der Waals surface area contributed by atoms with Crippen LogP contribution >= 0.6 is 0 Å². The van der Waals surface area contributed by atoms with E-state index in [2.05, 4.69) is 14.9 Å². The summed E-state index contributed by atoms with van der Waals surface area (Å²) in [6, 6.07) is 10.7. The summed E-state index contributed by atoms with van der Waals surface area (Å²) in [6.07, 6.45) is 1.55. The first-order valence-electron chi connectivity index (χ1n) is 10.9. The maximum absolute atomic E-state index is 12.3. The molecule has 0 unspecified atom stereocenters. The Labute approximate surface area is 193 Å². The van der Waals surface area contributed by atoms with Crippen LogP contribution in [0.1, 0.15) is 43.9 Å². The van der Waals surface area contributed by atoms with E-state index in [0.717, 1.165) is 16.7 Å². The lowest BCUT2D eigenvalue weighted by Crippen LogP contribution is -2.29. The summed E-state index contributed by atoms with van der Waals surface area (Å²) in [5, 5.41) is 13.1. The van der Waals surface area contributed by atoms with E-state index in [4.69, 9.17) is 20.1 Å². The number of hydrogen-bond acceptors (Lipinski definition) is 8. The van der Waals surface area contributed by atoms with Crippen LogP contribution in [0, 0.1) is 0 Å². The van der Waals surface area contributed by atoms with Gasteiger partial charge in [-0.1, -0.05) is 23.4 Å². The normalized spacial score (nSPS) is 15.7. The van der Waals surface area contributed by atoms with Crippen molar-refractivity contribution in [3.63, 3.8) is 0 Å². The van der Waals surface area contributed by atoms with Gasteiger partial charge in [0.15, 0.2) is 0 Å². The van der Waals surface area contributed by atoms with Crippen LogP contribution in [0.4, 0.5) is 5.69 Å². The van der Waals surface area contributed by atoms with Crippen LogP contribution in [0.25, 0.3) is 22.8 Å². The van der Waals surface area contributed by atoms with E-state index in [9.17, 15) is 8.42 Å². The Morgan fingerprint density at radius 3 is 2.85 bits per heavy atom. The highest BCUT2D eigenvalue weighted by Crippen LogP contribution is 2.38. The Hall–Kier alpha value is -2.95. The number of aromatic nitrogens is 2. The molecule has 4 rings (SSSR count). The maximum atomic E-state index is 12.3. The molecule has 0 radical (unpaired) electrons. The van der Waals surface area contributed by atoms with E-state index in [-0.39, 0.29) is 30.9 Å². The lowest BCUT2D eigenvalue weighted by atomic mass is 10.0. The van der Waals surface area contributed by atoms with Crippen LogP contribution in [0.5, 0.6) is 5.75 Å². The van der Waals surface area contributed by atoms with E-state index in [0.29, 0.717) is 41.6 Å². The zero-order chi connectivity index (χ0) is 23.6. The molecule has 1 aromatic heterocycles. The first-order valence-corrected chi connectivity index (χ1v) is 12.6. The molecule has 0 spiro atoms. The lowest BCUT2D eigenvalue weighted by Gasteiger charge is -2.14. The molecule has 176 valence electrons. The minimum Gasteiger partial charge on any atom is -0.489 e. The second kappa shape index (κ2) is 9.50. The van der Waals surface area contributed by atoms with Crippen molar-refractivity contribution < 1.29 is 22.8 Å². The number of aliphatic hydroxyl groups excluding tert-OH is 1. The second-order valence-corrected chi connectivity index (χ2v) is 10.2. The van der Waals surface area contributed by atoms with Gasteiger partial charge in [-0.15, -0.1) is 0 Å². The minimum atomic E-state index is -3.48. The molecule has 0 saturated heterocycles. The number of fused-ring (bicyclic) bond motifs is 1. The number of benzene rings is 2. The molecule has 2 aromatic carbocycles. The van der Waals surface area contributed by atoms with Gasteiger partial charge in [0.1, 0.15) is 5.75 Å². The topological polar surface area (TPSA) is 141 Å². The first kappa shape index (κ1) is 23.2. The molecule has 0 amide bonds. The third kappa shape index (κ3) is 5.18. The monoisotopic (exact) mass is 472 g/mol. The standard InChI is InChI=1S/C23H28N4O5S/c1-14(2)31-21-10-7-15(13-19(21)24)23-25-22(26-32-23)18-6-3-5-17-16(18)8-9-20(17)27-33(29,30)12-4-11-28/h3,5-7,10,13-14,20,27-28H,4,8-9,11-12,24H2,1-2H3/t20-/m1/s1. The van der Waals surface area contributed by atoms with Crippen molar-refractivity contribution in [3.8, 4) is 28.6 Å². The third-order valence-electron chi connectivity index (χ3n) is 5.45. The Bertz CT molecular complexity index is 1240. The summed E-state index contributed by atoms with van der Waals surface area (Å²) < 4.78 is 38.5. The summed E-state index contributed by atoms with van der Waals surface area (Å²) in [6.45, 7) is 3.70. The quantitative estimate of drug-likeness (QED) is 0.404. The molecule has 3 aromatic rings. The van der Waals surface area contributed by atoms with E-state index in [1.165, 1.54) is 0 Å². The summed E-state index contributed by atoms with van der Waals surface area (Å²) in [5.41, 5.74) is 10.00. The fourth-order valence-corrected chi connectivity index (χ4v) is 5.31. The fourth-order valence-electron chi connectivity index (χ4n) is 4.01.